The van der Waals surface area contributed by atoms with E-state index in [-0.39, 0.29) is 0 Å². The van der Waals surface area contributed by atoms with E-state index in [9.17, 15) is 65.4 Å². The third kappa shape index (κ3) is 8.44. The minimum absolute atomic E-state index is 0.672. The molecule has 3 saturated heterocycles. The summed E-state index contributed by atoms with van der Waals surface area (Å²) in [5.74, 6) is -6.11. The Bertz CT molecular complexity index is 1050. The Morgan fingerprint density at radius 1 is 0.978 bits per heavy atom. The van der Waals surface area contributed by atoms with Gasteiger partial charge in [-0.3, -0.25) is 9.59 Å². The SMILES string of the molecule is CC(=O)N[C@@H]1[C@@H](O)[C@H](O[C@@H]2O[C@H](CO[C@]3(C(=O)O)C[C@H](O)[C@@H](N)[C@H]([C@H](O)[C@H](O)COC(C)=O)O3)[C@H](O)[C@H](O)[C@H]2O)[C@@H](CO)O[C@H]1O. The lowest BCUT2D eigenvalue weighted by atomic mass is 9.89. The highest BCUT2D eigenvalue weighted by molar-refractivity contribution is 5.76. The second-order valence-corrected chi connectivity index (χ2v) is 11.2. The molecule has 0 saturated carbocycles. The van der Waals surface area contributed by atoms with Crippen molar-refractivity contribution in [3.63, 3.8) is 0 Å². The Morgan fingerprint density at radius 3 is 2.20 bits per heavy atom. The van der Waals surface area contributed by atoms with E-state index < -0.39 is 142 Å². The fourth-order valence-corrected chi connectivity index (χ4v) is 5.27. The first-order valence-electron chi connectivity index (χ1n) is 14.2. The van der Waals surface area contributed by atoms with Gasteiger partial charge in [-0.25, -0.2) is 4.79 Å². The molecule has 3 aliphatic rings. The van der Waals surface area contributed by atoms with Gasteiger partial charge in [0.25, 0.3) is 5.79 Å². The second-order valence-electron chi connectivity index (χ2n) is 11.2. The number of esters is 1. The van der Waals surface area contributed by atoms with Gasteiger partial charge in [0.2, 0.25) is 5.91 Å². The summed E-state index contributed by atoms with van der Waals surface area (Å²) in [5, 5.41) is 106. The summed E-state index contributed by atoms with van der Waals surface area (Å²) < 4.78 is 31.8. The first kappa shape index (κ1) is 38.3. The van der Waals surface area contributed by atoms with Gasteiger partial charge in [-0.05, 0) is 0 Å². The van der Waals surface area contributed by atoms with Crippen molar-refractivity contribution < 1.29 is 93.9 Å². The van der Waals surface area contributed by atoms with E-state index in [0.717, 1.165) is 13.8 Å². The summed E-state index contributed by atoms with van der Waals surface area (Å²) in [4.78, 5) is 35.0. The van der Waals surface area contributed by atoms with E-state index in [0.29, 0.717) is 0 Å². The van der Waals surface area contributed by atoms with Crippen LogP contribution in [0.5, 0.6) is 0 Å². The number of hydrogen-bond acceptors (Lipinski definition) is 19. The quantitative estimate of drug-likeness (QED) is 0.0855. The highest BCUT2D eigenvalue weighted by Crippen LogP contribution is 2.35. The Kier molecular flexibility index (Phi) is 13.1. The Labute approximate surface area is 260 Å². The number of carboxylic acid groups (broad SMARTS) is 1. The van der Waals surface area contributed by atoms with E-state index in [2.05, 4.69) is 10.1 Å². The number of ether oxygens (including phenoxy) is 6. The molecule has 266 valence electrons. The van der Waals surface area contributed by atoms with Crippen LogP contribution in [0.1, 0.15) is 20.3 Å². The van der Waals surface area contributed by atoms with Gasteiger partial charge >= 0.3 is 11.9 Å². The number of nitrogens with one attached hydrogen (secondary N) is 1. The smallest absolute Gasteiger partial charge is 0.364 e. The molecule has 3 fully saturated rings. The topological polar surface area (TPSA) is 347 Å². The zero-order chi connectivity index (χ0) is 34.7. The van der Waals surface area contributed by atoms with Gasteiger partial charge in [0, 0.05) is 20.3 Å². The van der Waals surface area contributed by atoms with Crippen LogP contribution in [0.25, 0.3) is 0 Å². The molecule has 21 nitrogen and oxygen atoms in total. The summed E-state index contributed by atoms with van der Waals surface area (Å²) in [6, 6.07) is -2.93. The molecule has 0 aliphatic carbocycles. The molecule has 3 aliphatic heterocycles. The van der Waals surface area contributed by atoms with Crippen molar-refractivity contribution in [2.24, 2.45) is 5.73 Å². The lowest BCUT2D eigenvalue weighted by Gasteiger charge is -2.47. The maximum absolute atomic E-state index is 12.4. The highest BCUT2D eigenvalue weighted by Gasteiger charge is 2.56. The Morgan fingerprint density at radius 2 is 1.63 bits per heavy atom. The summed E-state index contributed by atoms with van der Waals surface area (Å²) in [6.45, 7) is -0.391. The normalized spacial score (nSPS) is 42.9. The molecule has 21 heteroatoms. The number of carbonyl (C=O) groups is 3. The summed E-state index contributed by atoms with van der Waals surface area (Å²) >= 11 is 0. The number of aliphatic hydroxyl groups excluding tert-OH is 9. The molecule has 3 rings (SSSR count). The standard InChI is InChI=1S/C25H42N2O19/c1-7(29)27-14-17(35)20(11(4-28)43-22(14)38)45-23-19(37)18(36)16(34)12(44-23)6-42-25(24(39)40)3-9(31)13(26)21(46-25)15(33)10(32)5-41-8(2)30/h9-23,28,31-38H,3-6,26H2,1-2H3,(H,27,29)(H,39,40)/t9-,10+,11+,12+,13+,14+,15+,16-,17+,18-,19+,20+,21+,22+,23-,25+/m0/s1. The third-order valence-electron chi connectivity index (χ3n) is 7.82. The molecular formula is C25H42N2O19. The molecule has 0 aromatic heterocycles. The van der Waals surface area contributed by atoms with Crippen LogP contribution in [0.3, 0.4) is 0 Å². The number of rotatable bonds is 12. The van der Waals surface area contributed by atoms with Crippen molar-refractivity contribution in [3.8, 4) is 0 Å². The van der Waals surface area contributed by atoms with Gasteiger partial charge in [-0.2, -0.15) is 0 Å². The van der Waals surface area contributed by atoms with Gasteiger partial charge in [0.05, 0.1) is 25.4 Å². The van der Waals surface area contributed by atoms with Gasteiger partial charge in [0.15, 0.2) is 12.6 Å². The van der Waals surface area contributed by atoms with Crippen LogP contribution < -0.4 is 11.1 Å². The van der Waals surface area contributed by atoms with Crippen molar-refractivity contribution in [3.05, 3.63) is 0 Å². The number of nitrogens with two attached hydrogens (primary N) is 1. The number of carbonyl (C=O) groups excluding carboxylic acids is 2. The zero-order valence-electron chi connectivity index (χ0n) is 24.7. The molecule has 13 N–H and O–H groups in total. The van der Waals surface area contributed by atoms with E-state index in [1.165, 1.54) is 0 Å². The molecule has 3 heterocycles. The van der Waals surface area contributed by atoms with Crippen LogP contribution in [0, 0.1) is 0 Å². The molecule has 0 radical (unpaired) electrons. The van der Waals surface area contributed by atoms with Gasteiger partial charge < -0.3 is 90.5 Å². The van der Waals surface area contributed by atoms with Crippen molar-refractivity contribution in [1.29, 1.82) is 0 Å². The number of hydrogen-bond donors (Lipinski definition) is 12. The Balaban J connectivity index is 1.78. The van der Waals surface area contributed by atoms with Gasteiger partial charge in [0.1, 0.15) is 73.7 Å². The van der Waals surface area contributed by atoms with Crippen LogP contribution in [-0.2, 0) is 42.8 Å². The predicted octanol–water partition coefficient (Wildman–Crippen LogP) is -7.69. The van der Waals surface area contributed by atoms with Crippen molar-refractivity contribution in [1.82, 2.24) is 5.32 Å². The monoisotopic (exact) mass is 674 g/mol. The molecule has 16 atom stereocenters. The first-order valence-corrected chi connectivity index (χ1v) is 14.2. The number of amides is 1. The predicted molar refractivity (Wildman–Crippen MR) is 142 cm³/mol. The van der Waals surface area contributed by atoms with Gasteiger partial charge in [-0.15, -0.1) is 0 Å². The molecule has 46 heavy (non-hydrogen) atoms. The molecule has 0 aromatic carbocycles. The van der Waals surface area contributed by atoms with E-state index >= 15 is 0 Å². The van der Waals surface area contributed by atoms with Crippen LogP contribution in [0.2, 0.25) is 0 Å². The summed E-state index contributed by atoms with van der Waals surface area (Å²) in [6.07, 6.45) is -24.4. The first-order chi connectivity index (χ1) is 21.4. The molecule has 0 aromatic rings. The fraction of sp³-hybridized carbons (Fsp3) is 0.880. The minimum Gasteiger partial charge on any atom is -0.477 e. The molecule has 0 spiro atoms. The van der Waals surface area contributed by atoms with E-state index in [1.807, 2.05) is 0 Å². The molecular weight excluding hydrogens is 632 g/mol. The third-order valence-corrected chi connectivity index (χ3v) is 7.82. The largest absolute Gasteiger partial charge is 0.477 e. The van der Waals surface area contributed by atoms with Crippen molar-refractivity contribution in [2.45, 2.75) is 118 Å². The maximum Gasteiger partial charge on any atom is 0.364 e. The summed E-state index contributed by atoms with van der Waals surface area (Å²) in [5.41, 5.74) is 5.89. The Hall–Kier alpha value is -2.19. The average Bonchev–Trinajstić information content (AvgIpc) is 2.99. The fourth-order valence-electron chi connectivity index (χ4n) is 5.27. The van der Waals surface area contributed by atoms with Crippen LogP contribution in [-0.4, -0.2) is 186 Å². The average molecular weight is 675 g/mol. The minimum atomic E-state index is -2.79. The van der Waals surface area contributed by atoms with Crippen LogP contribution >= 0.6 is 0 Å². The van der Waals surface area contributed by atoms with E-state index in [1.54, 1.807) is 0 Å². The van der Waals surface area contributed by atoms with Gasteiger partial charge in [-0.1, -0.05) is 0 Å². The van der Waals surface area contributed by atoms with Crippen molar-refractivity contribution in [2.75, 3.05) is 19.8 Å². The number of aliphatic hydroxyl groups is 9. The number of carboxylic acids is 1. The highest BCUT2D eigenvalue weighted by atomic mass is 16.8. The van der Waals surface area contributed by atoms with Crippen LogP contribution in [0.15, 0.2) is 0 Å². The maximum atomic E-state index is 12.4. The number of aliphatic carboxylic acids is 1. The zero-order valence-corrected chi connectivity index (χ0v) is 24.7. The van der Waals surface area contributed by atoms with Crippen LogP contribution in [0.4, 0.5) is 0 Å². The van der Waals surface area contributed by atoms with Crippen molar-refractivity contribution >= 4 is 17.8 Å². The van der Waals surface area contributed by atoms with E-state index in [4.69, 9.17) is 29.4 Å². The summed E-state index contributed by atoms with van der Waals surface area (Å²) in [7, 11) is 0. The lowest BCUT2D eigenvalue weighted by molar-refractivity contribution is -0.358. The second kappa shape index (κ2) is 15.8. The molecule has 0 unspecified atom stereocenters. The molecule has 1 amide bonds. The molecule has 0 bridgehead atoms. The lowest BCUT2D eigenvalue weighted by Crippen LogP contribution is -2.68.